The smallest absolute Gasteiger partial charge is 0.337 e. The number of rotatable bonds is 7. The second-order valence-electron chi connectivity index (χ2n) is 7.51. The Balaban J connectivity index is 2.11. The summed E-state index contributed by atoms with van der Waals surface area (Å²) in [5.41, 5.74) is 0.596. The van der Waals surface area contributed by atoms with Crippen molar-refractivity contribution in [1.29, 1.82) is 5.26 Å². The molecule has 0 aliphatic carbocycles. The van der Waals surface area contributed by atoms with E-state index < -0.39 is 21.1 Å². The zero-order valence-corrected chi connectivity index (χ0v) is 19.1. The van der Waals surface area contributed by atoms with E-state index in [1.54, 1.807) is 18.2 Å². The van der Waals surface area contributed by atoms with E-state index in [1.807, 2.05) is 36.4 Å². The molecular weight excluding hydrogens is 523 g/mol. The molecule has 4 nitrogen and oxygen atoms in total. The van der Waals surface area contributed by atoms with Crippen LogP contribution in [0.5, 0.6) is 0 Å². The van der Waals surface area contributed by atoms with Crippen LogP contribution in [0.15, 0.2) is 36.4 Å². The monoisotopic (exact) mass is 544 g/mol. The molecular formula is C22H21F4IN4. The van der Waals surface area contributed by atoms with Gasteiger partial charge in [-0.15, -0.1) is 0 Å². The molecule has 3 aromatic rings. The highest BCUT2D eigenvalue weighted by Gasteiger charge is 2.39. The number of aromatic nitrogens is 2. The average molecular weight is 544 g/mol. The van der Waals surface area contributed by atoms with Crippen LogP contribution < -0.4 is 5.32 Å². The lowest BCUT2D eigenvalue weighted by atomic mass is 9.89. The Hall–Kier alpha value is -2.35. The van der Waals surface area contributed by atoms with E-state index in [4.69, 9.17) is 0 Å². The Labute approximate surface area is 191 Å². The van der Waals surface area contributed by atoms with Gasteiger partial charge in [0.1, 0.15) is 20.9 Å². The highest BCUT2D eigenvalue weighted by atomic mass is 127. The molecule has 31 heavy (non-hydrogen) atoms. The van der Waals surface area contributed by atoms with Crippen molar-refractivity contribution in [1.82, 2.24) is 9.97 Å². The summed E-state index contributed by atoms with van der Waals surface area (Å²) < 4.78 is 53.2. The normalized spacial score (nSPS) is 14.8. The predicted octanol–water partition coefficient (Wildman–Crippen LogP) is 7.12. The van der Waals surface area contributed by atoms with E-state index in [1.165, 1.54) is 0 Å². The van der Waals surface area contributed by atoms with Crippen LogP contribution in [0.25, 0.3) is 11.0 Å². The third kappa shape index (κ3) is 4.95. The van der Waals surface area contributed by atoms with Gasteiger partial charge < -0.3 is 10.3 Å². The van der Waals surface area contributed by atoms with E-state index in [2.05, 4.69) is 21.4 Å². The van der Waals surface area contributed by atoms with Crippen LogP contribution in [0.4, 0.5) is 23.5 Å². The molecule has 1 heterocycles. The number of anilines is 1. The molecule has 2 atom stereocenters. The van der Waals surface area contributed by atoms with E-state index >= 15 is 0 Å². The first-order valence-corrected chi connectivity index (χ1v) is 10.9. The van der Waals surface area contributed by atoms with Crippen LogP contribution in [0.1, 0.15) is 49.8 Å². The van der Waals surface area contributed by atoms with Crippen LogP contribution in [-0.2, 0) is 9.72 Å². The fourth-order valence-corrected chi connectivity index (χ4v) is 4.38. The standard InChI is InChI=1S/C22H21F4IN4/c1-3-4-6-13(2)21(27,15-9-16(22(24,25)26)11-17(23)10-15)31-20-29-18-8-5-7-14(12-28)19(18)30-20/h5,7-11,13H,3-4,6H2,1-2H3,(H2,29,30,31)/t13?,21-/m0/s1. The molecule has 2 aromatic carbocycles. The first kappa shape index (κ1) is 23.3. The Morgan fingerprint density at radius 2 is 1.94 bits per heavy atom. The molecule has 164 valence electrons. The van der Waals surface area contributed by atoms with Crippen molar-refractivity contribution in [3.8, 4) is 6.07 Å². The number of H-pyrrole nitrogens is 1. The Morgan fingerprint density at radius 1 is 1.23 bits per heavy atom. The lowest BCUT2D eigenvalue weighted by molar-refractivity contribution is -0.137. The minimum atomic E-state index is -4.66. The summed E-state index contributed by atoms with van der Waals surface area (Å²) in [5, 5.41) is 12.5. The zero-order chi connectivity index (χ0) is 22.8. The van der Waals surface area contributed by atoms with Crippen molar-refractivity contribution in [3.05, 3.63) is 58.9 Å². The lowest BCUT2D eigenvalue weighted by Crippen LogP contribution is -2.36. The van der Waals surface area contributed by atoms with Gasteiger partial charge in [-0.25, -0.2) is 9.37 Å². The minimum absolute atomic E-state index is 0.153. The Bertz CT molecular complexity index is 1120. The molecule has 0 saturated carbocycles. The van der Waals surface area contributed by atoms with Gasteiger partial charge in [0.15, 0.2) is 0 Å². The predicted molar refractivity (Wildman–Crippen MR) is 120 cm³/mol. The topological polar surface area (TPSA) is 64.5 Å². The van der Waals surface area contributed by atoms with Gasteiger partial charge in [-0.3, -0.25) is 0 Å². The molecule has 0 fully saturated rings. The van der Waals surface area contributed by atoms with E-state index in [-0.39, 0.29) is 11.5 Å². The van der Waals surface area contributed by atoms with Gasteiger partial charge >= 0.3 is 6.18 Å². The molecule has 1 unspecified atom stereocenters. The van der Waals surface area contributed by atoms with E-state index in [0.29, 0.717) is 35.0 Å². The van der Waals surface area contributed by atoms with Crippen LogP contribution >= 0.6 is 22.6 Å². The maximum atomic E-state index is 14.2. The Kier molecular flexibility index (Phi) is 6.79. The molecule has 3 rings (SSSR count). The summed E-state index contributed by atoms with van der Waals surface area (Å²) in [6.45, 7) is 3.94. The van der Waals surface area contributed by atoms with Gasteiger partial charge in [0.05, 0.1) is 16.6 Å². The molecule has 2 N–H and O–H groups in total. The number of hydrogen-bond acceptors (Lipinski definition) is 3. The van der Waals surface area contributed by atoms with Gasteiger partial charge in [-0.1, -0.05) is 32.8 Å². The van der Waals surface area contributed by atoms with Crippen molar-refractivity contribution in [2.24, 2.45) is 5.92 Å². The number of nitrogens with zero attached hydrogens (tertiary/aromatic N) is 2. The maximum absolute atomic E-state index is 14.2. The zero-order valence-electron chi connectivity index (χ0n) is 16.9. The first-order valence-electron chi connectivity index (χ1n) is 9.82. The van der Waals surface area contributed by atoms with Crippen molar-refractivity contribution < 1.29 is 17.6 Å². The molecule has 0 amide bonds. The first-order chi connectivity index (χ1) is 14.6. The molecule has 0 radical (unpaired) electrons. The van der Waals surface area contributed by atoms with Gasteiger partial charge in [-0.05, 0) is 70.8 Å². The van der Waals surface area contributed by atoms with Crippen LogP contribution in [0, 0.1) is 23.1 Å². The molecule has 0 saturated heterocycles. The Morgan fingerprint density at radius 3 is 2.58 bits per heavy atom. The van der Waals surface area contributed by atoms with Gasteiger partial charge in [0, 0.05) is 0 Å². The molecule has 0 aliphatic rings. The molecule has 0 aliphatic heterocycles. The second kappa shape index (κ2) is 9.02. The summed E-state index contributed by atoms with van der Waals surface area (Å²) in [4.78, 5) is 7.51. The van der Waals surface area contributed by atoms with Gasteiger partial charge in [0.2, 0.25) is 5.95 Å². The number of nitriles is 1. The number of para-hydroxylation sites is 1. The lowest BCUT2D eigenvalue weighted by Gasteiger charge is -2.36. The number of nitrogens with one attached hydrogen (secondary N) is 2. The van der Waals surface area contributed by atoms with Crippen LogP contribution in [-0.4, -0.2) is 9.97 Å². The number of unbranched alkanes of at least 4 members (excludes halogenated alkanes) is 1. The number of benzene rings is 2. The number of halogens is 5. The molecule has 1 aromatic heterocycles. The number of alkyl halides is 4. The maximum Gasteiger partial charge on any atom is 0.416 e. The second-order valence-corrected chi connectivity index (χ2v) is 9.21. The van der Waals surface area contributed by atoms with Crippen molar-refractivity contribution in [2.75, 3.05) is 5.32 Å². The highest BCUT2D eigenvalue weighted by Crippen LogP contribution is 2.44. The fourth-order valence-electron chi connectivity index (χ4n) is 3.51. The summed E-state index contributed by atoms with van der Waals surface area (Å²) in [6.07, 6.45) is -2.16. The summed E-state index contributed by atoms with van der Waals surface area (Å²) in [6, 6.07) is 9.78. The largest absolute Gasteiger partial charge is 0.416 e. The third-order valence-corrected chi connectivity index (χ3v) is 7.20. The fraction of sp³-hybridized carbons (Fsp3) is 0.364. The summed E-state index contributed by atoms with van der Waals surface area (Å²) >= 11 is 2.04. The van der Waals surface area contributed by atoms with Crippen LogP contribution in [0.3, 0.4) is 0 Å². The summed E-state index contributed by atoms with van der Waals surface area (Å²) in [5.74, 6) is -0.806. The number of fused-ring (bicyclic) bond motifs is 1. The van der Waals surface area contributed by atoms with Crippen molar-refractivity contribution in [3.63, 3.8) is 0 Å². The number of imidazole rings is 1. The molecule has 0 bridgehead atoms. The third-order valence-electron chi connectivity index (χ3n) is 5.25. The number of hydrogen-bond donors (Lipinski definition) is 2. The quantitative estimate of drug-likeness (QED) is 0.144. The van der Waals surface area contributed by atoms with Crippen molar-refractivity contribution in [2.45, 2.75) is 42.8 Å². The molecule has 9 heteroatoms. The van der Waals surface area contributed by atoms with Gasteiger partial charge in [0.25, 0.3) is 0 Å². The minimum Gasteiger partial charge on any atom is -0.337 e. The average Bonchev–Trinajstić information content (AvgIpc) is 3.12. The van der Waals surface area contributed by atoms with Crippen LogP contribution in [0.2, 0.25) is 0 Å². The highest BCUT2D eigenvalue weighted by molar-refractivity contribution is 14.1. The van der Waals surface area contributed by atoms with E-state index in [9.17, 15) is 22.8 Å². The van der Waals surface area contributed by atoms with Crippen molar-refractivity contribution >= 4 is 39.6 Å². The van der Waals surface area contributed by atoms with E-state index in [0.717, 1.165) is 25.0 Å². The summed E-state index contributed by atoms with van der Waals surface area (Å²) in [7, 11) is 0. The SMILES string of the molecule is CCCCC(C)[C@](I)(Nc1nc2c(C#N)cccc2[nH]1)c1cc(F)cc(C(F)(F)F)c1. The molecule has 0 spiro atoms. The number of aromatic amines is 1. The van der Waals surface area contributed by atoms with Gasteiger partial charge in [-0.2, -0.15) is 18.4 Å².